The highest BCUT2D eigenvalue weighted by Crippen LogP contribution is 2.41. The van der Waals surface area contributed by atoms with Crippen LogP contribution in [0.5, 0.6) is 23.0 Å². The standard InChI is InChI=1S/C30H26N2O6/c1-34-26-15-21(16-27(35-2)28(26)36-3)30-32-24-17-22(12-13-25(24)38-30)31-29(33)20-10-7-11-23(14-20)37-18-19-8-5-4-6-9-19/h4-17H,18H2,1-3H3,(H,31,33). The summed E-state index contributed by atoms with van der Waals surface area (Å²) < 4.78 is 28.1. The van der Waals surface area contributed by atoms with Crippen molar-refractivity contribution in [2.45, 2.75) is 6.61 Å². The molecule has 0 bridgehead atoms. The Morgan fingerprint density at radius 1 is 0.842 bits per heavy atom. The van der Waals surface area contributed by atoms with Gasteiger partial charge in [-0.15, -0.1) is 0 Å². The lowest BCUT2D eigenvalue weighted by atomic mass is 10.2. The number of nitrogens with zero attached hydrogens (tertiary/aromatic N) is 1. The number of hydrogen-bond acceptors (Lipinski definition) is 7. The van der Waals surface area contributed by atoms with Crippen LogP contribution in [0.4, 0.5) is 5.69 Å². The molecule has 0 unspecified atom stereocenters. The molecular weight excluding hydrogens is 484 g/mol. The molecule has 1 aromatic heterocycles. The number of nitrogens with one attached hydrogen (secondary N) is 1. The fourth-order valence-corrected chi connectivity index (χ4v) is 4.00. The van der Waals surface area contributed by atoms with Crippen molar-refractivity contribution in [3.63, 3.8) is 0 Å². The molecule has 0 aliphatic carbocycles. The first-order chi connectivity index (χ1) is 18.6. The van der Waals surface area contributed by atoms with Crippen molar-refractivity contribution in [2.24, 2.45) is 0 Å². The van der Waals surface area contributed by atoms with Crippen molar-refractivity contribution in [1.82, 2.24) is 4.98 Å². The average Bonchev–Trinajstić information content (AvgIpc) is 3.39. The molecule has 0 aliphatic rings. The minimum absolute atomic E-state index is 0.261. The summed E-state index contributed by atoms with van der Waals surface area (Å²) in [5.41, 5.74) is 3.94. The van der Waals surface area contributed by atoms with Gasteiger partial charge in [0, 0.05) is 16.8 Å². The summed E-state index contributed by atoms with van der Waals surface area (Å²) in [7, 11) is 4.64. The minimum atomic E-state index is -0.261. The van der Waals surface area contributed by atoms with Gasteiger partial charge in [0.25, 0.3) is 5.91 Å². The predicted molar refractivity (Wildman–Crippen MR) is 144 cm³/mol. The number of hydrogen-bond donors (Lipinski definition) is 1. The van der Waals surface area contributed by atoms with Gasteiger partial charge in [0.15, 0.2) is 17.1 Å². The molecule has 0 saturated carbocycles. The second kappa shape index (κ2) is 11.0. The zero-order chi connectivity index (χ0) is 26.5. The molecular formula is C30H26N2O6. The molecule has 8 heteroatoms. The Morgan fingerprint density at radius 2 is 1.61 bits per heavy atom. The first-order valence-corrected chi connectivity index (χ1v) is 11.9. The molecule has 5 aromatic rings. The topological polar surface area (TPSA) is 92.1 Å². The number of fused-ring (bicyclic) bond motifs is 1. The maximum Gasteiger partial charge on any atom is 0.255 e. The first kappa shape index (κ1) is 24.7. The van der Waals surface area contributed by atoms with Crippen LogP contribution >= 0.6 is 0 Å². The molecule has 1 heterocycles. The number of anilines is 1. The van der Waals surface area contributed by atoms with Crippen LogP contribution in [-0.2, 0) is 6.61 Å². The molecule has 1 N–H and O–H groups in total. The van der Waals surface area contributed by atoms with Crippen molar-refractivity contribution in [2.75, 3.05) is 26.6 Å². The lowest BCUT2D eigenvalue weighted by Gasteiger charge is -2.12. The van der Waals surface area contributed by atoms with Crippen LogP contribution in [-0.4, -0.2) is 32.2 Å². The third-order valence-corrected chi connectivity index (χ3v) is 5.90. The van der Waals surface area contributed by atoms with E-state index in [1.165, 1.54) is 0 Å². The Kier molecular flexibility index (Phi) is 7.13. The molecule has 192 valence electrons. The Morgan fingerprint density at radius 3 is 2.32 bits per heavy atom. The lowest BCUT2D eigenvalue weighted by Crippen LogP contribution is -2.12. The summed E-state index contributed by atoms with van der Waals surface area (Å²) >= 11 is 0. The van der Waals surface area contributed by atoms with Gasteiger partial charge in [-0.25, -0.2) is 4.98 Å². The minimum Gasteiger partial charge on any atom is -0.493 e. The summed E-state index contributed by atoms with van der Waals surface area (Å²) in [4.78, 5) is 17.6. The number of benzene rings is 4. The zero-order valence-corrected chi connectivity index (χ0v) is 21.2. The number of carbonyl (C=O) groups excluding carboxylic acids is 1. The van der Waals surface area contributed by atoms with Crippen molar-refractivity contribution < 1.29 is 28.2 Å². The molecule has 38 heavy (non-hydrogen) atoms. The van der Waals surface area contributed by atoms with E-state index in [9.17, 15) is 4.79 Å². The van der Waals surface area contributed by atoms with E-state index < -0.39 is 0 Å². The maximum atomic E-state index is 13.0. The van der Waals surface area contributed by atoms with Crippen molar-refractivity contribution in [1.29, 1.82) is 0 Å². The zero-order valence-electron chi connectivity index (χ0n) is 21.2. The molecule has 5 rings (SSSR count). The number of oxazole rings is 1. The third kappa shape index (κ3) is 5.24. The van der Waals surface area contributed by atoms with E-state index in [0.29, 0.717) is 63.4 Å². The number of aromatic nitrogens is 1. The average molecular weight is 511 g/mol. The van der Waals surface area contributed by atoms with Crippen molar-refractivity contribution >= 4 is 22.7 Å². The highest BCUT2D eigenvalue weighted by Gasteiger charge is 2.18. The number of rotatable bonds is 9. The summed E-state index contributed by atoms with van der Waals surface area (Å²) in [6.07, 6.45) is 0. The second-order valence-electron chi connectivity index (χ2n) is 8.37. The molecule has 0 saturated heterocycles. The highest BCUT2D eigenvalue weighted by atomic mass is 16.5. The van der Waals surface area contributed by atoms with Gasteiger partial charge in [-0.2, -0.15) is 0 Å². The predicted octanol–water partition coefficient (Wildman–Crippen LogP) is 6.35. The van der Waals surface area contributed by atoms with Crippen LogP contribution in [0.3, 0.4) is 0 Å². The van der Waals surface area contributed by atoms with E-state index >= 15 is 0 Å². The summed E-state index contributed by atoms with van der Waals surface area (Å²) in [5.74, 6) is 2.20. The summed E-state index contributed by atoms with van der Waals surface area (Å²) in [5, 5.41) is 2.92. The second-order valence-corrected chi connectivity index (χ2v) is 8.37. The lowest BCUT2D eigenvalue weighted by molar-refractivity contribution is 0.102. The van der Waals surface area contributed by atoms with Crippen molar-refractivity contribution in [3.05, 3.63) is 96.1 Å². The normalized spacial score (nSPS) is 10.7. The van der Waals surface area contributed by atoms with E-state index in [-0.39, 0.29) is 5.91 Å². The van der Waals surface area contributed by atoms with Gasteiger partial charge < -0.3 is 28.7 Å². The molecule has 0 fully saturated rings. The maximum absolute atomic E-state index is 13.0. The van der Waals surface area contributed by atoms with Crippen LogP contribution in [0.1, 0.15) is 15.9 Å². The molecule has 0 aliphatic heterocycles. The van der Waals surface area contributed by atoms with Gasteiger partial charge in [0.1, 0.15) is 17.9 Å². The molecule has 8 nitrogen and oxygen atoms in total. The van der Waals surface area contributed by atoms with Gasteiger partial charge in [0.05, 0.1) is 21.3 Å². The van der Waals surface area contributed by atoms with Crippen LogP contribution < -0.4 is 24.3 Å². The Balaban J connectivity index is 1.33. The van der Waals surface area contributed by atoms with E-state index in [1.807, 2.05) is 36.4 Å². The van der Waals surface area contributed by atoms with E-state index in [1.54, 1.807) is 69.9 Å². The van der Waals surface area contributed by atoms with Gasteiger partial charge in [-0.05, 0) is 54.1 Å². The number of ether oxygens (including phenoxy) is 4. The quantitative estimate of drug-likeness (QED) is 0.247. The van der Waals surface area contributed by atoms with Gasteiger partial charge in [-0.3, -0.25) is 4.79 Å². The monoisotopic (exact) mass is 510 g/mol. The summed E-state index contributed by atoms with van der Waals surface area (Å²) in [6.45, 7) is 0.420. The van der Waals surface area contributed by atoms with Gasteiger partial charge >= 0.3 is 0 Å². The van der Waals surface area contributed by atoms with Crippen LogP contribution in [0.15, 0.2) is 89.3 Å². The fraction of sp³-hybridized carbons (Fsp3) is 0.133. The SMILES string of the molecule is COc1cc(-c2nc3cc(NC(=O)c4cccc(OCc5ccccc5)c4)ccc3o2)cc(OC)c1OC. The van der Waals surface area contributed by atoms with E-state index in [2.05, 4.69) is 10.3 Å². The van der Waals surface area contributed by atoms with Gasteiger partial charge in [-0.1, -0.05) is 36.4 Å². The molecule has 4 aromatic carbocycles. The van der Waals surface area contributed by atoms with Crippen LogP contribution in [0.25, 0.3) is 22.6 Å². The molecule has 1 amide bonds. The van der Waals surface area contributed by atoms with Gasteiger partial charge in [0.2, 0.25) is 11.6 Å². The smallest absolute Gasteiger partial charge is 0.255 e. The fourth-order valence-electron chi connectivity index (χ4n) is 4.00. The Labute approximate surface area is 219 Å². The number of methoxy groups -OCH3 is 3. The van der Waals surface area contributed by atoms with Crippen molar-refractivity contribution in [3.8, 4) is 34.5 Å². The first-order valence-electron chi connectivity index (χ1n) is 11.9. The summed E-state index contributed by atoms with van der Waals surface area (Å²) in [6, 6.07) is 25.7. The third-order valence-electron chi connectivity index (χ3n) is 5.90. The number of carbonyl (C=O) groups is 1. The van der Waals surface area contributed by atoms with E-state index in [4.69, 9.17) is 23.4 Å². The molecule has 0 spiro atoms. The molecule has 0 atom stereocenters. The highest BCUT2D eigenvalue weighted by molar-refractivity contribution is 6.05. The van der Waals surface area contributed by atoms with Crippen LogP contribution in [0, 0.1) is 0 Å². The number of amides is 1. The molecule has 0 radical (unpaired) electrons. The Bertz CT molecular complexity index is 1550. The van der Waals surface area contributed by atoms with Crippen LogP contribution in [0.2, 0.25) is 0 Å². The van der Waals surface area contributed by atoms with E-state index in [0.717, 1.165) is 5.56 Å². The largest absolute Gasteiger partial charge is 0.493 e. The Hall–Kier alpha value is -4.98.